The van der Waals surface area contributed by atoms with Crippen molar-refractivity contribution in [3.05, 3.63) is 64.6 Å². The van der Waals surface area contributed by atoms with Gasteiger partial charge in [-0.1, -0.05) is 49.4 Å². The number of amides is 2. The van der Waals surface area contributed by atoms with Crippen molar-refractivity contribution in [3.63, 3.8) is 0 Å². The number of carbonyl (C=O) groups excluding carboxylic acids is 2. The van der Waals surface area contributed by atoms with Crippen molar-refractivity contribution in [2.45, 2.75) is 52.1 Å². The highest BCUT2D eigenvalue weighted by molar-refractivity contribution is 9.10. The highest BCUT2D eigenvalue weighted by Gasteiger charge is 2.33. The summed E-state index contributed by atoms with van der Waals surface area (Å²) in [5.41, 5.74) is 0.928. The molecule has 2 aromatic rings. The van der Waals surface area contributed by atoms with Gasteiger partial charge in [-0.25, -0.2) is 8.42 Å². The van der Waals surface area contributed by atoms with E-state index in [0.29, 0.717) is 23.0 Å². The van der Waals surface area contributed by atoms with Crippen LogP contribution in [0.15, 0.2) is 59.1 Å². The Morgan fingerprint density at radius 2 is 1.62 bits per heavy atom. The van der Waals surface area contributed by atoms with Gasteiger partial charge >= 0.3 is 0 Å². The number of halogens is 1. The highest BCUT2D eigenvalue weighted by Crippen LogP contribution is 2.28. The third-order valence-electron chi connectivity index (χ3n) is 5.17. The molecule has 0 saturated carbocycles. The molecule has 0 aliphatic carbocycles. The van der Waals surface area contributed by atoms with Gasteiger partial charge in [0, 0.05) is 16.6 Å². The smallest absolute Gasteiger partial charge is 0.244 e. The second-order valence-corrected chi connectivity index (χ2v) is 12.0. The number of carbonyl (C=O) groups is 2. The maximum atomic E-state index is 13.6. The molecule has 1 atom stereocenters. The topological polar surface area (TPSA) is 86.8 Å². The highest BCUT2D eigenvalue weighted by atomic mass is 79.9. The Bertz CT molecular complexity index is 1080. The Balaban J connectivity index is 2.39. The summed E-state index contributed by atoms with van der Waals surface area (Å²) < 4.78 is 26.9. The molecule has 9 heteroatoms. The van der Waals surface area contributed by atoms with Gasteiger partial charge in [0.1, 0.15) is 12.6 Å². The Hall–Kier alpha value is -2.39. The minimum atomic E-state index is -3.76. The van der Waals surface area contributed by atoms with E-state index in [1.807, 2.05) is 58.0 Å². The summed E-state index contributed by atoms with van der Waals surface area (Å²) in [6.07, 6.45) is 2.01. The van der Waals surface area contributed by atoms with Gasteiger partial charge in [-0.15, -0.1) is 0 Å². The molecule has 2 rings (SSSR count). The fraction of sp³-hybridized carbons (Fsp3) is 0.440. The normalized spacial score (nSPS) is 12.6. The Kier molecular flexibility index (Phi) is 9.70. The lowest BCUT2D eigenvalue weighted by Gasteiger charge is -2.34. The van der Waals surface area contributed by atoms with Gasteiger partial charge < -0.3 is 10.2 Å². The van der Waals surface area contributed by atoms with Crippen LogP contribution in [0.5, 0.6) is 0 Å². The first-order valence-corrected chi connectivity index (χ1v) is 13.8. The molecule has 0 spiro atoms. The van der Waals surface area contributed by atoms with E-state index in [9.17, 15) is 18.0 Å². The average Bonchev–Trinajstić information content (AvgIpc) is 2.74. The van der Waals surface area contributed by atoms with E-state index >= 15 is 0 Å². The number of anilines is 1. The van der Waals surface area contributed by atoms with Crippen molar-refractivity contribution in [2.24, 2.45) is 0 Å². The molecule has 0 bridgehead atoms. The number of hydrogen-bond acceptors (Lipinski definition) is 4. The number of benzene rings is 2. The number of sulfonamides is 1. The van der Waals surface area contributed by atoms with Gasteiger partial charge in [-0.3, -0.25) is 13.9 Å². The largest absolute Gasteiger partial charge is 0.350 e. The van der Waals surface area contributed by atoms with Crippen molar-refractivity contribution in [2.75, 3.05) is 23.7 Å². The maximum absolute atomic E-state index is 13.6. The lowest BCUT2D eigenvalue weighted by Crippen LogP contribution is -2.56. The van der Waals surface area contributed by atoms with Crippen molar-refractivity contribution in [1.29, 1.82) is 0 Å². The van der Waals surface area contributed by atoms with Crippen LogP contribution in [0.4, 0.5) is 5.69 Å². The molecule has 2 amide bonds. The monoisotopic (exact) mass is 551 g/mol. The number of hydrogen-bond donors (Lipinski definition) is 1. The summed E-state index contributed by atoms with van der Waals surface area (Å²) in [6, 6.07) is 15.8. The van der Waals surface area contributed by atoms with Gasteiger partial charge in [0.15, 0.2) is 0 Å². The number of rotatable bonds is 10. The molecule has 0 aliphatic rings. The van der Waals surface area contributed by atoms with E-state index < -0.39 is 34.1 Å². The molecule has 7 nitrogen and oxygen atoms in total. The molecule has 1 N–H and O–H groups in total. The molecule has 0 saturated heterocycles. The van der Waals surface area contributed by atoms with Crippen molar-refractivity contribution in [3.8, 4) is 0 Å². The van der Waals surface area contributed by atoms with Crippen molar-refractivity contribution in [1.82, 2.24) is 10.2 Å². The van der Waals surface area contributed by atoms with Gasteiger partial charge in [0.2, 0.25) is 21.8 Å². The minimum absolute atomic E-state index is 0.261. The van der Waals surface area contributed by atoms with E-state index in [1.54, 1.807) is 24.3 Å². The van der Waals surface area contributed by atoms with Gasteiger partial charge in [-0.2, -0.15) is 0 Å². The summed E-state index contributed by atoms with van der Waals surface area (Å²) >= 11 is 3.38. The molecule has 0 fully saturated rings. The zero-order valence-electron chi connectivity index (χ0n) is 20.4. The van der Waals surface area contributed by atoms with Crippen LogP contribution in [-0.2, 0) is 26.0 Å². The quantitative estimate of drug-likeness (QED) is 0.483. The summed E-state index contributed by atoms with van der Waals surface area (Å²) in [7, 11) is -3.76. The fourth-order valence-corrected chi connectivity index (χ4v) is 5.08. The lowest BCUT2D eigenvalue weighted by atomic mass is 10.1. The van der Waals surface area contributed by atoms with Crippen molar-refractivity contribution < 1.29 is 18.0 Å². The summed E-state index contributed by atoms with van der Waals surface area (Å²) in [4.78, 5) is 28.2. The Morgan fingerprint density at radius 1 is 1.03 bits per heavy atom. The lowest BCUT2D eigenvalue weighted by molar-refractivity contribution is -0.140. The summed E-state index contributed by atoms with van der Waals surface area (Å²) in [5, 5.41) is 2.96. The molecular formula is C25H34BrN3O4S. The van der Waals surface area contributed by atoms with Gasteiger partial charge in [0.05, 0.1) is 11.9 Å². The molecular weight excluding hydrogens is 518 g/mol. The van der Waals surface area contributed by atoms with Crippen LogP contribution in [0.1, 0.15) is 39.7 Å². The van der Waals surface area contributed by atoms with Gasteiger partial charge in [0.25, 0.3) is 0 Å². The van der Waals surface area contributed by atoms with E-state index in [-0.39, 0.29) is 12.5 Å². The van der Waals surface area contributed by atoms with Crippen LogP contribution in [0.25, 0.3) is 0 Å². The summed E-state index contributed by atoms with van der Waals surface area (Å²) in [6.45, 7) is 7.37. The van der Waals surface area contributed by atoms with Crippen LogP contribution >= 0.6 is 15.9 Å². The second kappa shape index (κ2) is 11.8. The molecule has 186 valence electrons. The Morgan fingerprint density at radius 3 is 2.15 bits per heavy atom. The van der Waals surface area contributed by atoms with Crippen LogP contribution in [0.2, 0.25) is 0 Å². The zero-order valence-corrected chi connectivity index (χ0v) is 22.8. The predicted octanol–water partition coefficient (Wildman–Crippen LogP) is 3.98. The molecule has 0 aliphatic heterocycles. The van der Waals surface area contributed by atoms with Crippen LogP contribution < -0.4 is 9.62 Å². The van der Waals surface area contributed by atoms with Gasteiger partial charge in [-0.05, 0) is 67.2 Å². The molecule has 0 heterocycles. The van der Waals surface area contributed by atoms with E-state index in [2.05, 4.69) is 21.2 Å². The van der Waals surface area contributed by atoms with E-state index in [1.165, 1.54) is 4.90 Å². The van der Waals surface area contributed by atoms with Crippen LogP contribution in [0.3, 0.4) is 0 Å². The molecule has 2 aromatic carbocycles. The van der Waals surface area contributed by atoms with Crippen molar-refractivity contribution >= 4 is 43.5 Å². The van der Waals surface area contributed by atoms with E-state index in [0.717, 1.165) is 16.1 Å². The second-order valence-electron chi connectivity index (χ2n) is 9.21. The third kappa shape index (κ3) is 8.13. The molecule has 0 aromatic heterocycles. The molecule has 0 unspecified atom stereocenters. The third-order valence-corrected chi connectivity index (χ3v) is 6.97. The van der Waals surface area contributed by atoms with Crippen LogP contribution in [-0.4, -0.2) is 56.1 Å². The molecule has 34 heavy (non-hydrogen) atoms. The maximum Gasteiger partial charge on any atom is 0.244 e. The minimum Gasteiger partial charge on any atom is -0.350 e. The average molecular weight is 553 g/mol. The Labute approximate surface area is 211 Å². The number of para-hydroxylation sites is 1. The first-order chi connectivity index (χ1) is 15.8. The first-order valence-electron chi connectivity index (χ1n) is 11.2. The number of nitrogens with one attached hydrogen (secondary N) is 1. The molecule has 0 radical (unpaired) electrons. The number of nitrogens with zero attached hydrogens (tertiary/aromatic N) is 2. The summed E-state index contributed by atoms with van der Waals surface area (Å²) in [5.74, 6) is -0.698. The fourth-order valence-electron chi connectivity index (χ4n) is 3.60. The SMILES string of the molecule is CC[C@H](C(=O)NC(C)(C)C)N(CCc1ccccc1)C(=O)CN(c1ccccc1Br)S(C)(=O)=O. The van der Waals surface area contributed by atoms with Crippen LogP contribution in [0, 0.1) is 0 Å². The standard InChI is InChI=1S/C25H34BrN3O4S/c1-6-21(24(31)27-25(2,3)4)28(17-16-19-12-8-7-9-13-19)23(30)18-29(34(5,32)33)22-15-11-10-14-20(22)26/h7-15,21H,6,16-18H2,1-5H3,(H,27,31)/t21-/m1/s1. The predicted molar refractivity (Wildman–Crippen MR) is 140 cm³/mol. The first kappa shape index (κ1) is 27.9. The zero-order chi connectivity index (χ0) is 25.5. The van der Waals surface area contributed by atoms with E-state index in [4.69, 9.17) is 0 Å².